The lowest BCUT2D eigenvalue weighted by atomic mass is 9.95. The summed E-state index contributed by atoms with van der Waals surface area (Å²) >= 11 is 0. The number of aromatic nitrogens is 4. The number of nitrogens with two attached hydrogens (primary N) is 1. The molecule has 4 atom stereocenters. The number of methoxy groups -OCH3 is 1. The summed E-state index contributed by atoms with van der Waals surface area (Å²) in [5.41, 5.74) is 5.43. The summed E-state index contributed by atoms with van der Waals surface area (Å²) in [4.78, 5) is 22.2. The maximum atomic E-state index is 11.8. The predicted molar refractivity (Wildman–Crippen MR) is 79.5 cm³/mol. The highest BCUT2D eigenvalue weighted by Gasteiger charge is 2.44. The number of nitrogens with zero attached hydrogens (tertiary/aromatic N) is 3. The highest BCUT2D eigenvalue weighted by Crippen LogP contribution is 2.36. The van der Waals surface area contributed by atoms with Gasteiger partial charge in [-0.05, 0) is 6.42 Å². The molecule has 0 aliphatic carbocycles. The summed E-state index contributed by atoms with van der Waals surface area (Å²) in [7, 11) is 1.57. The SMILES string of the molecule is COCC[C@H]1[C@@H](O)[C@H](n2cnc3c(=O)[nH]c(N)nc32)O[C@@H]1CO. The number of hydrogen-bond donors (Lipinski definition) is 4. The van der Waals surface area contributed by atoms with Gasteiger partial charge in [-0.1, -0.05) is 0 Å². The van der Waals surface area contributed by atoms with Crippen LogP contribution in [0, 0.1) is 5.92 Å². The van der Waals surface area contributed by atoms with Gasteiger partial charge < -0.3 is 25.4 Å². The van der Waals surface area contributed by atoms with Crippen LogP contribution in [0.3, 0.4) is 0 Å². The molecule has 10 heteroatoms. The van der Waals surface area contributed by atoms with Crippen molar-refractivity contribution in [2.75, 3.05) is 26.1 Å². The minimum absolute atomic E-state index is 0.0497. The molecule has 0 saturated carbocycles. The smallest absolute Gasteiger partial charge is 0.280 e. The van der Waals surface area contributed by atoms with E-state index < -0.39 is 24.0 Å². The first-order valence-electron chi connectivity index (χ1n) is 7.22. The van der Waals surface area contributed by atoms with E-state index in [9.17, 15) is 15.0 Å². The molecule has 1 aliphatic rings. The Bertz CT molecular complexity index is 744. The minimum atomic E-state index is -0.901. The minimum Gasteiger partial charge on any atom is -0.394 e. The summed E-state index contributed by atoms with van der Waals surface area (Å²) in [6.45, 7) is 0.203. The normalized spacial score (nSPS) is 27.8. The van der Waals surface area contributed by atoms with Crippen molar-refractivity contribution in [3.8, 4) is 0 Å². The molecule has 1 saturated heterocycles. The second-order valence-corrected chi connectivity index (χ2v) is 5.46. The van der Waals surface area contributed by atoms with Crippen LogP contribution in [0.2, 0.25) is 0 Å². The average Bonchev–Trinajstić information content (AvgIpc) is 3.06. The number of ether oxygens (including phenoxy) is 2. The number of fused-ring (bicyclic) bond motifs is 1. The Hall–Kier alpha value is -2.01. The molecule has 1 aliphatic heterocycles. The molecule has 0 spiro atoms. The van der Waals surface area contributed by atoms with Gasteiger partial charge in [0.2, 0.25) is 5.95 Å². The van der Waals surface area contributed by atoms with Crippen LogP contribution < -0.4 is 11.3 Å². The molecule has 0 radical (unpaired) electrons. The maximum absolute atomic E-state index is 11.8. The second-order valence-electron chi connectivity index (χ2n) is 5.46. The number of aliphatic hydroxyl groups excluding tert-OH is 2. The van der Waals surface area contributed by atoms with Crippen LogP contribution >= 0.6 is 0 Å². The summed E-state index contributed by atoms with van der Waals surface area (Å²) in [6.07, 6.45) is -0.355. The van der Waals surface area contributed by atoms with E-state index in [4.69, 9.17) is 15.2 Å². The molecule has 0 bridgehead atoms. The van der Waals surface area contributed by atoms with E-state index in [1.54, 1.807) is 7.11 Å². The van der Waals surface area contributed by atoms with Crippen LogP contribution in [0.1, 0.15) is 12.6 Å². The van der Waals surface area contributed by atoms with Crippen molar-refractivity contribution in [1.29, 1.82) is 0 Å². The molecule has 126 valence electrons. The molecule has 1 fully saturated rings. The number of anilines is 1. The highest BCUT2D eigenvalue weighted by molar-refractivity contribution is 5.70. The Labute approximate surface area is 130 Å². The Kier molecular flexibility index (Phi) is 4.31. The first-order valence-corrected chi connectivity index (χ1v) is 7.22. The Morgan fingerprint density at radius 1 is 1.57 bits per heavy atom. The van der Waals surface area contributed by atoms with Crippen LogP contribution in [0.15, 0.2) is 11.1 Å². The van der Waals surface area contributed by atoms with Gasteiger partial charge in [-0.2, -0.15) is 4.98 Å². The van der Waals surface area contributed by atoms with E-state index in [-0.39, 0.29) is 29.6 Å². The number of aliphatic hydroxyl groups is 2. The van der Waals surface area contributed by atoms with Gasteiger partial charge in [0.05, 0.1) is 19.0 Å². The fourth-order valence-corrected chi connectivity index (χ4v) is 2.94. The number of H-pyrrole nitrogens is 1. The van der Waals surface area contributed by atoms with Gasteiger partial charge in [-0.15, -0.1) is 0 Å². The van der Waals surface area contributed by atoms with Gasteiger partial charge in [0.25, 0.3) is 5.56 Å². The molecule has 2 aromatic rings. The van der Waals surface area contributed by atoms with E-state index in [2.05, 4.69) is 15.0 Å². The van der Waals surface area contributed by atoms with Crippen molar-refractivity contribution in [3.05, 3.63) is 16.7 Å². The molecular weight excluding hydrogens is 306 g/mol. The average molecular weight is 325 g/mol. The topological polar surface area (TPSA) is 149 Å². The van der Waals surface area contributed by atoms with Gasteiger partial charge in [-0.3, -0.25) is 14.3 Å². The third-order valence-corrected chi connectivity index (χ3v) is 4.08. The van der Waals surface area contributed by atoms with Crippen molar-refractivity contribution < 1.29 is 19.7 Å². The fourth-order valence-electron chi connectivity index (χ4n) is 2.94. The number of imidazole rings is 1. The standard InChI is InChI=1S/C13H19N5O5/c1-22-3-2-6-7(4-19)23-12(9(6)20)18-5-15-8-10(18)16-13(14)17-11(8)21/h5-7,9,12,19-20H,2-4H2,1H3,(H3,14,16,17,21)/t6-,7-,9-,12-/m1/s1. The van der Waals surface area contributed by atoms with E-state index in [1.807, 2.05) is 0 Å². The van der Waals surface area contributed by atoms with Gasteiger partial charge >= 0.3 is 0 Å². The number of nitrogen functional groups attached to an aromatic ring is 1. The molecular formula is C13H19N5O5. The third kappa shape index (κ3) is 2.70. The van der Waals surface area contributed by atoms with Crippen molar-refractivity contribution in [2.24, 2.45) is 5.92 Å². The molecule has 2 aromatic heterocycles. The predicted octanol–water partition coefficient (Wildman–Crippen LogP) is -1.39. The maximum Gasteiger partial charge on any atom is 0.280 e. The zero-order chi connectivity index (χ0) is 16.6. The van der Waals surface area contributed by atoms with Crippen LogP contribution in [0.4, 0.5) is 5.95 Å². The van der Waals surface area contributed by atoms with Crippen molar-refractivity contribution >= 4 is 17.1 Å². The first-order chi connectivity index (χ1) is 11.1. The third-order valence-electron chi connectivity index (χ3n) is 4.08. The summed E-state index contributed by atoms with van der Waals surface area (Å²) in [5.74, 6) is -0.354. The van der Waals surface area contributed by atoms with Crippen molar-refractivity contribution in [2.45, 2.75) is 24.9 Å². The number of hydrogen-bond acceptors (Lipinski definition) is 8. The molecule has 0 amide bonds. The molecule has 10 nitrogen and oxygen atoms in total. The van der Waals surface area contributed by atoms with Gasteiger partial charge in [0, 0.05) is 19.6 Å². The fraction of sp³-hybridized carbons (Fsp3) is 0.615. The molecule has 5 N–H and O–H groups in total. The molecule has 3 heterocycles. The monoisotopic (exact) mass is 325 g/mol. The lowest BCUT2D eigenvalue weighted by Gasteiger charge is -2.19. The van der Waals surface area contributed by atoms with Crippen LogP contribution in [-0.2, 0) is 9.47 Å². The summed E-state index contributed by atoms with van der Waals surface area (Å²) in [6, 6.07) is 0. The van der Waals surface area contributed by atoms with E-state index in [0.29, 0.717) is 13.0 Å². The van der Waals surface area contributed by atoms with Gasteiger partial charge in [0.1, 0.15) is 6.10 Å². The van der Waals surface area contributed by atoms with Gasteiger partial charge in [-0.25, -0.2) is 4.98 Å². The quantitative estimate of drug-likeness (QED) is 0.525. The highest BCUT2D eigenvalue weighted by atomic mass is 16.5. The summed E-state index contributed by atoms with van der Waals surface area (Å²) in [5, 5.41) is 20.0. The first kappa shape index (κ1) is 15.9. The molecule has 23 heavy (non-hydrogen) atoms. The molecule has 0 aromatic carbocycles. The largest absolute Gasteiger partial charge is 0.394 e. The Morgan fingerprint density at radius 3 is 3.04 bits per heavy atom. The molecule has 0 unspecified atom stereocenters. The number of rotatable bonds is 5. The second kappa shape index (κ2) is 6.24. The van der Waals surface area contributed by atoms with E-state index in [0.717, 1.165) is 0 Å². The van der Waals surface area contributed by atoms with Crippen LogP contribution in [0.25, 0.3) is 11.2 Å². The lowest BCUT2D eigenvalue weighted by Crippen LogP contribution is -2.29. The van der Waals surface area contributed by atoms with Crippen LogP contribution in [-0.4, -0.2) is 62.3 Å². The van der Waals surface area contributed by atoms with Crippen molar-refractivity contribution in [3.63, 3.8) is 0 Å². The number of nitrogens with one attached hydrogen (secondary N) is 1. The van der Waals surface area contributed by atoms with Gasteiger partial charge in [0.15, 0.2) is 17.4 Å². The van der Waals surface area contributed by atoms with Crippen LogP contribution in [0.5, 0.6) is 0 Å². The zero-order valence-corrected chi connectivity index (χ0v) is 12.5. The van der Waals surface area contributed by atoms with E-state index >= 15 is 0 Å². The lowest BCUT2D eigenvalue weighted by molar-refractivity contribution is -0.0494. The van der Waals surface area contributed by atoms with E-state index in [1.165, 1.54) is 10.9 Å². The van der Waals surface area contributed by atoms with Crippen molar-refractivity contribution in [1.82, 2.24) is 19.5 Å². The Morgan fingerprint density at radius 2 is 2.35 bits per heavy atom. The zero-order valence-electron chi connectivity index (χ0n) is 12.5. The number of aromatic amines is 1. The summed E-state index contributed by atoms with van der Waals surface area (Å²) < 4.78 is 12.2. The molecule has 3 rings (SSSR count). The Balaban J connectivity index is 1.97.